The van der Waals surface area contributed by atoms with Crippen LogP contribution in [0.15, 0.2) is 36.4 Å². The third-order valence-corrected chi connectivity index (χ3v) is 5.84. The van der Waals surface area contributed by atoms with Crippen molar-refractivity contribution >= 4 is 5.97 Å². The molecule has 0 amide bonds. The SMILES string of the molecule is COc1ccc(C(c2ccc(OC)c(OC)c2OC)[C@H](O)[C@H]2OC(=O)C=C[C@H]2O)c(OC)c1OC. The summed E-state index contributed by atoms with van der Waals surface area (Å²) in [5.41, 5.74) is 0.918. The Morgan fingerprint density at radius 1 is 0.743 bits per heavy atom. The maximum atomic E-state index is 12.0. The zero-order valence-electron chi connectivity index (χ0n) is 20.4. The largest absolute Gasteiger partial charge is 0.493 e. The van der Waals surface area contributed by atoms with E-state index in [1.165, 1.54) is 48.7 Å². The fourth-order valence-electron chi connectivity index (χ4n) is 4.27. The second-order valence-electron chi connectivity index (χ2n) is 7.57. The van der Waals surface area contributed by atoms with Crippen molar-refractivity contribution in [1.29, 1.82) is 0 Å². The molecule has 1 aliphatic rings. The first-order chi connectivity index (χ1) is 16.9. The van der Waals surface area contributed by atoms with E-state index in [0.29, 0.717) is 34.1 Å². The van der Waals surface area contributed by atoms with E-state index in [1.807, 2.05) is 0 Å². The van der Waals surface area contributed by atoms with Gasteiger partial charge in [0.05, 0.1) is 42.7 Å². The minimum Gasteiger partial charge on any atom is -0.493 e. The number of benzene rings is 2. The highest BCUT2D eigenvalue weighted by Crippen LogP contribution is 2.50. The van der Waals surface area contributed by atoms with Crippen LogP contribution in [0.1, 0.15) is 17.0 Å². The number of esters is 1. The topological polar surface area (TPSA) is 122 Å². The molecule has 0 saturated carbocycles. The van der Waals surface area contributed by atoms with E-state index in [0.717, 1.165) is 6.08 Å². The van der Waals surface area contributed by atoms with Crippen molar-refractivity contribution in [2.24, 2.45) is 0 Å². The molecule has 0 radical (unpaired) electrons. The molecule has 2 N–H and O–H groups in total. The number of rotatable bonds is 10. The molecule has 2 aromatic carbocycles. The Morgan fingerprint density at radius 3 is 1.60 bits per heavy atom. The molecule has 1 aliphatic heterocycles. The smallest absolute Gasteiger partial charge is 0.330 e. The fourth-order valence-corrected chi connectivity index (χ4v) is 4.27. The monoisotopic (exact) mass is 490 g/mol. The van der Waals surface area contributed by atoms with Crippen LogP contribution < -0.4 is 28.4 Å². The van der Waals surface area contributed by atoms with Gasteiger partial charge in [0.25, 0.3) is 0 Å². The second kappa shape index (κ2) is 11.2. The molecule has 3 atom stereocenters. The first-order valence-electron chi connectivity index (χ1n) is 10.7. The van der Waals surface area contributed by atoms with Gasteiger partial charge in [0.2, 0.25) is 11.5 Å². The maximum absolute atomic E-state index is 12.0. The summed E-state index contributed by atoms with van der Waals surface area (Å²) in [6.07, 6.45) is -1.60. The minimum atomic E-state index is -1.45. The Morgan fingerprint density at radius 2 is 1.20 bits per heavy atom. The van der Waals surface area contributed by atoms with Crippen molar-refractivity contribution < 1.29 is 48.2 Å². The summed E-state index contributed by atoms with van der Waals surface area (Å²) in [5.74, 6) is 0.339. The number of carbonyl (C=O) groups is 1. The number of aliphatic hydroxyl groups is 2. The number of carbonyl (C=O) groups excluding carboxylic acids is 1. The van der Waals surface area contributed by atoms with E-state index in [9.17, 15) is 15.0 Å². The minimum absolute atomic E-state index is 0.278. The van der Waals surface area contributed by atoms with Gasteiger partial charge in [-0.15, -0.1) is 0 Å². The number of methoxy groups -OCH3 is 6. The van der Waals surface area contributed by atoms with E-state index < -0.39 is 30.2 Å². The Kier molecular flexibility index (Phi) is 8.31. The van der Waals surface area contributed by atoms with Crippen LogP contribution in [-0.4, -0.2) is 77.2 Å². The molecule has 0 aliphatic carbocycles. The van der Waals surface area contributed by atoms with Crippen LogP contribution >= 0.6 is 0 Å². The summed E-state index contributed by atoms with van der Waals surface area (Å²) >= 11 is 0. The lowest BCUT2D eigenvalue weighted by molar-refractivity contribution is -0.159. The van der Waals surface area contributed by atoms with Crippen LogP contribution in [0.5, 0.6) is 34.5 Å². The molecule has 1 heterocycles. The first-order valence-corrected chi connectivity index (χ1v) is 10.7. The molecule has 3 rings (SSSR count). The highest BCUT2D eigenvalue weighted by Gasteiger charge is 2.41. The molecule has 0 fully saturated rings. The van der Waals surface area contributed by atoms with Crippen molar-refractivity contribution in [3.8, 4) is 34.5 Å². The normalized spacial score (nSPS) is 18.0. The summed E-state index contributed by atoms with van der Waals surface area (Å²) in [5, 5.41) is 22.2. The van der Waals surface area contributed by atoms with Gasteiger partial charge in [-0.2, -0.15) is 0 Å². The number of aliphatic hydroxyl groups excluding tert-OH is 2. The molecule has 0 bridgehead atoms. The molecule has 0 unspecified atom stereocenters. The summed E-state index contributed by atoms with van der Waals surface area (Å²) < 4.78 is 38.5. The maximum Gasteiger partial charge on any atom is 0.330 e. The first kappa shape index (κ1) is 26.0. The van der Waals surface area contributed by atoms with E-state index >= 15 is 0 Å². The lowest BCUT2D eigenvalue weighted by Crippen LogP contribution is -2.45. The Bertz CT molecular complexity index is 1020. The van der Waals surface area contributed by atoms with Gasteiger partial charge in [-0.3, -0.25) is 0 Å². The van der Waals surface area contributed by atoms with E-state index in [4.69, 9.17) is 33.2 Å². The zero-order chi connectivity index (χ0) is 25.7. The van der Waals surface area contributed by atoms with Gasteiger partial charge in [-0.25, -0.2) is 4.79 Å². The van der Waals surface area contributed by atoms with Crippen LogP contribution in [0, 0.1) is 0 Å². The fraction of sp³-hybridized carbons (Fsp3) is 0.400. The summed E-state index contributed by atoms with van der Waals surface area (Å²) in [4.78, 5) is 12.0. The van der Waals surface area contributed by atoms with Crippen LogP contribution in [0.2, 0.25) is 0 Å². The van der Waals surface area contributed by atoms with E-state index in [1.54, 1.807) is 24.3 Å². The molecule has 2 aromatic rings. The van der Waals surface area contributed by atoms with Gasteiger partial charge in [-0.05, 0) is 18.2 Å². The highest BCUT2D eigenvalue weighted by molar-refractivity contribution is 5.83. The molecule has 10 nitrogen and oxygen atoms in total. The summed E-state index contributed by atoms with van der Waals surface area (Å²) in [7, 11) is 8.81. The molecule has 35 heavy (non-hydrogen) atoms. The Labute approximate surface area is 203 Å². The number of ether oxygens (including phenoxy) is 7. The van der Waals surface area contributed by atoms with Crippen molar-refractivity contribution in [3.05, 3.63) is 47.5 Å². The second-order valence-corrected chi connectivity index (χ2v) is 7.57. The Balaban J connectivity index is 2.32. The number of hydrogen-bond acceptors (Lipinski definition) is 10. The third-order valence-electron chi connectivity index (χ3n) is 5.84. The molecule has 0 saturated heterocycles. The zero-order valence-corrected chi connectivity index (χ0v) is 20.4. The Hall–Kier alpha value is -3.63. The molecule has 0 spiro atoms. The van der Waals surface area contributed by atoms with Crippen molar-refractivity contribution in [2.75, 3.05) is 42.7 Å². The van der Waals surface area contributed by atoms with E-state index in [2.05, 4.69) is 0 Å². The average molecular weight is 491 g/mol. The van der Waals surface area contributed by atoms with Crippen LogP contribution in [0.4, 0.5) is 0 Å². The number of cyclic esters (lactones) is 1. The highest BCUT2D eigenvalue weighted by atomic mass is 16.6. The predicted octanol–water partition coefficient (Wildman–Crippen LogP) is 2.07. The van der Waals surface area contributed by atoms with Crippen LogP contribution in [0.3, 0.4) is 0 Å². The van der Waals surface area contributed by atoms with Crippen molar-refractivity contribution in [3.63, 3.8) is 0 Å². The summed E-state index contributed by atoms with van der Waals surface area (Å²) in [6.45, 7) is 0. The molecular formula is C25H30O10. The van der Waals surface area contributed by atoms with Gasteiger partial charge >= 0.3 is 5.97 Å². The average Bonchev–Trinajstić information content (AvgIpc) is 2.88. The molecule has 0 aromatic heterocycles. The molecule has 190 valence electrons. The third kappa shape index (κ3) is 4.80. The van der Waals surface area contributed by atoms with Gasteiger partial charge in [0, 0.05) is 23.1 Å². The van der Waals surface area contributed by atoms with E-state index in [-0.39, 0.29) is 11.5 Å². The quantitative estimate of drug-likeness (QED) is 0.479. The predicted molar refractivity (Wildman–Crippen MR) is 125 cm³/mol. The van der Waals surface area contributed by atoms with Gasteiger partial charge in [0.1, 0.15) is 12.2 Å². The summed E-state index contributed by atoms with van der Waals surface area (Å²) in [6, 6.07) is 6.70. The van der Waals surface area contributed by atoms with Crippen LogP contribution in [0.25, 0.3) is 0 Å². The lowest BCUT2D eigenvalue weighted by atomic mass is 9.81. The lowest BCUT2D eigenvalue weighted by Gasteiger charge is -2.35. The van der Waals surface area contributed by atoms with Crippen molar-refractivity contribution in [1.82, 2.24) is 0 Å². The standard InChI is InChI=1S/C25H30O10/c1-29-16-10-7-13(21(31-3)24(16)33-5)19(20(28)23-15(26)9-12-18(27)35-23)14-8-11-17(30-2)25(34-6)22(14)32-4/h7-12,15,19-20,23,26,28H,1-6H3/t15-,20+,23+/m1/s1. The van der Waals surface area contributed by atoms with Gasteiger partial charge < -0.3 is 43.4 Å². The van der Waals surface area contributed by atoms with Crippen LogP contribution in [-0.2, 0) is 9.53 Å². The van der Waals surface area contributed by atoms with Gasteiger partial charge in [0.15, 0.2) is 29.1 Å². The number of hydrogen-bond donors (Lipinski definition) is 2. The molecule has 10 heteroatoms. The van der Waals surface area contributed by atoms with Gasteiger partial charge in [-0.1, -0.05) is 12.1 Å². The molecular weight excluding hydrogens is 460 g/mol. The van der Waals surface area contributed by atoms with Crippen molar-refractivity contribution in [2.45, 2.75) is 24.2 Å².